The Bertz CT molecular complexity index is 182. The molecule has 0 fully saturated rings. The third kappa shape index (κ3) is 11.1. The number of nitrogens with one attached hydrogen (secondary N) is 1. The molecule has 0 saturated carbocycles. The van der Waals surface area contributed by atoms with Crippen molar-refractivity contribution in [2.75, 3.05) is 32.7 Å². The summed E-state index contributed by atoms with van der Waals surface area (Å²) in [6.07, 6.45) is 0. The topological polar surface area (TPSA) is 15.3 Å². The fourth-order valence-corrected chi connectivity index (χ4v) is 1.84. The minimum Gasteiger partial charge on any atom is -0.314 e. The molecule has 2 nitrogen and oxygen atoms in total. The van der Waals surface area contributed by atoms with Gasteiger partial charge in [0.2, 0.25) is 0 Å². The molecule has 0 aromatic heterocycles. The Kier molecular flexibility index (Phi) is 7.42. The monoisotopic (exact) mass is 264 g/mol. The Morgan fingerprint density at radius 2 is 1.62 bits per heavy atom. The van der Waals surface area contributed by atoms with Gasteiger partial charge in [-0.3, -0.25) is 0 Å². The van der Waals surface area contributed by atoms with Crippen LogP contribution in [0.1, 0.15) is 34.6 Å². The molecule has 0 aromatic rings. The molecule has 1 N–H and O–H groups in total. The van der Waals surface area contributed by atoms with Gasteiger partial charge in [-0.2, -0.15) is 25.3 Å². The van der Waals surface area contributed by atoms with Crippen LogP contribution in [0, 0.1) is 0 Å². The molecule has 0 amide bonds. The normalized spacial score (nSPS) is 13.5. The van der Waals surface area contributed by atoms with Crippen LogP contribution in [0.25, 0.3) is 0 Å². The van der Waals surface area contributed by atoms with Gasteiger partial charge in [-0.25, -0.2) is 0 Å². The fraction of sp³-hybridized carbons (Fsp3) is 1.00. The van der Waals surface area contributed by atoms with Crippen molar-refractivity contribution in [3.8, 4) is 0 Å². The number of thiol groups is 2. The summed E-state index contributed by atoms with van der Waals surface area (Å²) in [5.74, 6) is 0. The van der Waals surface area contributed by atoms with Gasteiger partial charge >= 0.3 is 0 Å². The van der Waals surface area contributed by atoms with Gasteiger partial charge < -0.3 is 10.2 Å². The average Bonchev–Trinajstić information content (AvgIpc) is 2.06. The van der Waals surface area contributed by atoms with E-state index in [1.807, 2.05) is 0 Å². The van der Waals surface area contributed by atoms with E-state index >= 15 is 0 Å². The summed E-state index contributed by atoms with van der Waals surface area (Å²) < 4.78 is 0.151. The smallest absolute Gasteiger partial charge is 0.0200 e. The highest BCUT2D eigenvalue weighted by molar-refractivity contribution is 7.82. The minimum atomic E-state index is 0.0693. The molecule has 0 bridgehead atoms. The van der Waals surface area contributed by atoms with Crippen LogP contribution in [0.15, 0.2) is 0 Å². The molecule has 0 rings (SSSR count). The highest BCUT2D eigenvalue weighted by Crippen LogP contribution is 2.13. The molecular weight excluding hydrogens is 236 g/mol. The first-order valence-electron chi connectivity index (χ1n) is 6.02. The zero-order valence-electron chi connectivity index (χ0n) is 11.4. The summed E-state index contributed by atoms with van der Waals surface area (Å²) >= 11 is 9.05. The number of likely N-dealkylation sites (N-methyl/N-ethyl adjacent to an activating group) is 1. The minimum absolute atomic E-state index is 0.0693. The van der Waals surface area contributed by atoms with E-state index in [4.69, 9.17) is 0 Å². The van der Waals surface area contributed by atoms with Crippen molar-refractivity contribution in [2.45, 2.75) is 44.1 Å². The van der Waals surface area contributed by atoms with Crippen molar-refractivity contribution in [3.63, 3.8) is 0 Å². The maximum Gasteiger partial charge on any atom is 0.0200 e. The van der Waals surface area contributed by atoms with Gasteiger partial charge in [0.1, 0.15) is 0 Å². The van der Waals surface area contributed by atoms with Crippen molar-refractivity contribution in [1.82, 2.24) is 10.2 Å². The van der Waals surface area contributed by atoms with Crippen LogP contribution in [0.4, 0.5) is 0 Å². The van der Waals surface area contributed by atoms with E-state index in [1.165, 1.54) is 0 Å². The lowest BCUT2D eigenvalue weighted by Crippen LogP contribution is -2.41. The predicted molar refractivity (Wildman–Crippen MR) is 81.1 cm³/mol. The van der Waals surface area contributed by atoms with Gasteiger partial charge in [0.15, 0.2) is 0 Å². The Morgan fingerprint density at radius 1 is 1.06 bits per heavy atom. The standard InChI is InChI=1S/C12H28N2S2/c1-6-14(10-12(4,5)16)8-7-13-9-11(2,3)15/h13,15-16H,6-10H2,1-5H3. The first-order valence-corrected chi connectivity index (χ1v) is 6.91. The second-order valence-corrected chi connectivity index (χ2v) is 8.09. The summed E-state index contributed by atoms with van der Waals surface area (Å²) in [5, 5.41) is 3.43. The molecule has 16 heavy (non-hydrogen) atoms. The van der Waals surface area contributed by atoms with E-state index in [2.05, 4.69) is 70.1 Å². The molecule has 98 valence electrons. The maximum absolute atomic E-state index is 4.56. The summed E-state index contributed by atoms with van der Waals surface area (Å²) in [5.41, 5.74) is 0. The van der Waals surface area contributed by atoms with E-state index in [0.717, 1.165) is 32.7 Å². The van der Waals surface area contributed by atoms with Crippen LogP contribution in [-0.4, -0.2) is 47.1 Å². The molecule has 0 spiro atoms. The average molecular weight is 265 g/mol. The van der Waals surface area contributed by atoms with Gasteiger partial charge in [0.25, 0.3) is 0 Å². The summed E-state index contributed by atoms with van der Waals surface area (Å²) in [7, 11) is 0. The zero-order chi connectivity index (χ0) is 12.8. The van der Waals surface area contributed by atoms with E-state index in [-0.39, 0.29) is 9.49 Å². The second kappa shape index (κ2) is 7.14. The molecule has 0 saturated heterocycles. The van der Waals surface area contributed by atoms with Gasteiger partial charge in [-0.15, -0.1) is 0 Å². The predicted octanol–water partition coefficient (Wildman–Crippen LogP) is 2.31. The van der Waals surface area contributed by atoms with Gasteiger partial charge in [0, 0.05) is 35.7 Å². The fourth-order valence-electron chi connectivity index (χ4n) is 1.53. The summed E-state index contributed by atoms with van der Waals surface area (Å²) in [6.45, 7) is 15.9. The molecule has 0 aromatic carbocycles. The van der Waals surface area contributed by atoms with Crippen LogP contribution in [0.5, 0.6) is 0 Å². The van der Waals surface area contributed by atoms with Gasteiger partial charge in [0.05, 0.1) is 0 Å². The van der Waals surface area contributed by atoms with E-state index < -0.39 is 0 Å². The van der Waals surface area contributed by atoms with Crippen molar-refractivity contribution in [2.24, 2.45) is 0 Å². The van der Waals surface area contributed by atoms with Crippen molar-refractivity contribution >= 4 is 25.3 Å². The Hall–Kier alpha value is 0.620. The SMILES string of the molecule is CCN(CCNCC(C)(C)S)CC(C)(C)S. The number of hydrogen-bond donors (Lipinski definition) is 3. The van der Waals surface area contributed by atoms with Gasteiger partial charge in [-0.05, 0) is 34.2 Å². The first-order chi connectivity index (χ1) is 7.14. The van der Waals surface area contributed by atoms with Gasteiger partial charge in [-0.1, -0.05) is 6.92 Å². The van der Waals surface area contributed by atoms with Crippen LogP contribution < -0.4 is 5.32 Å². The largest absolute Gasteiger partial charge is 0.314 e. The zero-order valence-corrected chi connectivity index (χ0v) is 13.2. The second-order valence-electron chi connectivity index (χ2n) is 5.67. The third-order valence-corrected chi connectivity index (χ3v) is 2.52. The summed E-state index contributed by atoms with van der Waals surface area (Å²) in [6, 6.07) is 0. The molecule has 4 heteroatoms. The number of nitrogens with zero attached hydrogens (tertiary/aromatic N) is 1. The molecule has 0 aliphatic carbocycles. The lowest BCUT2D eigenvalue weighted by atomic mass is 10.2. The van der Waals surface area contributed by atoms with E-state index in [0.29, 0.717) is 0 Å². The van der Waals surface area contributed by atoms with Crippen LogP contribution >= 0.6 is 25.3 Å². The number of hydrogen-bond acceptors (Lipinski definition) is 4. The molecule has 0 atom stereocenters. The summed E-state index contributed by atoms with van der Waals surface area (Å²) in [4.78, 5) is 2.42. The molecule has 0 radical (unpaired) electrons. The molecular formula is C12H28N2S2. The molecule has 0 aliphatic heterocycles. The molecule has 0 unspecified atom stereocenters. The van der Waals surface area contributed by atoms with Crippen LogP contribution in [0.3, 0.4) is 0 Å². The van der Waals surface area contributed by atoms with Crippen LogP contribution in [0.2, 0.25) is 0 Å². The Labute approximate surface area is 112 Å². The lowest BCUT2D eigenvalue weighted by molar-refractivity contribution is 0.268. The Morgan fingerprint density at radius 3 is 2.00 bits per heavy atom. The van der Waals surface area contributed by atoms with E-state index in [1.54, 1.807) is 0 Å². The molecule has 0 heterocycles. The highest BCUT2D eigenvalue weighted by Gasteiger charge is 2.16. The lowest BCUT2D eigenvalue weighted by Gasteiger charge is -2.28. The van der Waals surface area contributed by atoms with Crippen molar-refractivity contribution in [1.29, 1.82) is 0 Å². The maximum atomic E-state index is 4.56. The Balaban J connectivity index is 3.72. The third-order valence-electron chi connectivity index (χ3n) is 2.22. The quantitative estimate of drug-likeness (QED) is 0.461. The van der Waals surface area contributed by atoms with Crippen molar-refractivity contribution in [3.05, 3.63) is 0 Å². The highest BCUT2D eigenvalue weighted by atomic mass is 32.1. The first kappa shape index (κ1) is 16.6. The number of rotatable bonds is 8. The van der Waals surface area contributed by atoms with Crippen molar-refractivity contribution < 1.29 is 0 Å². The van der Waals surface area contributed by atoms with Crippen LogP contribution in [-0.2, 0) is 0 Å². The van der Waals surface area contributed by atoms with E-state index in [9.17, 15) is 0 Å². The molecule has 0 aliphatic rings.